The van der Waals surface area contributed by atoms with Crippen LogP contribution in [-0.2, 0) is 0 Å². The number of hydrogen-bond donors (Lipinski definition) is 0. The van der Waals surface area contributed by atoms with E-state index in [2.05, 4.69) is 0 Å². The number of benzene rings is 1. The van der Waals surface area contributed by atoms with Gasteiger partial charge in [-0.2, -0.15) is 0 Å². The van der Waals surface area contributed by atoms with Crippen molar-refractivity contribution >= 4 is 28.8 Å². The largest absolute Gasteiger partial charge is 0.298 e. The first kappa shape index (κ1) is 11.3. The number of carbonyl (C=O) groups is 2. The minimum absolute atomic E-state index is 0.101. The average Bonchev–Trinajstić information content (AvgIpc) is 2.16. The maximum Gasteiger partial charge on any atom is 0.280 e. The van der Waals surface area contributed by atoms with Crippen molar-refractivity contribution in [2.75, 3.05) is 0 Å². The number of hydrogen-bond acceptors (Lipinski definition) is 4. The van der Waals surface area contributed by atoms with Gasteiger partial charge in [-0.05, 0) is 30.2 Å². The lowest BCUT2D eigenvalue weighted by atomic mass is 10.0. The van der Waals surface area contributed by atoms with Crippen LogP contribution in [-0.4, -0.2) is 16.5 Å². The summed E-state index contributed by atoms with van der Waals surface area (Å²) in [5, 5.41) is 9.80. The molecular formula is C9H6ClNO4. The number of nitrogens with zero attached hydrogens (tertiary/aromatic N) is 1. The van der Waals surface area contributed by atoms with Gasteiger partial charge in [-0.3, -0.25) is 19.7 Å². The predicted molar refractivity (Wildman–Crippen MR) is 53.4 cm³/mol. The lowest BCUT2D eigenvalue weighted by Crippen LogP contribution is -2.00. The third kappa shape index (κ3) is 2.19. The number of carbonyl (C=O) groups excluding carboxylic acids is 2. The van der Waals surface area contributed by atoms with Gasteiger partial charge < -0.3 is 0 Å². The Hall–Kier alpha value is -1.75. The van der Waals surface area contributed by atoms with E-state index in [1.54, 1.807) is 0 Å². The fourth-order valence-corrected chi connectivity index (χ4v) is 1.38. The first-order valence-corrected chi connectivity index (χ1v) is 4.29. The van der Waals surface area contributed by atoms with Crippen LogP contribution < -0.4 is 0 Å². The summed E-state index contributed by atoms with van der Waals surface area (Å²) < 4.78 is 0. The second-order valence-electron chi connectivity index (χ2n) is 2.87. The molecule has 1 rings (SSSR count). The molecule has 0 fully saturated rings. The fourth-order valence-electron chi connectivity index (χ4n) is 1.17. The van der Waals surface area contributed by atoms with Crippen LogP contribution in [0.5, 0.6) is 0 Å². The Morgan fingerprint density at radius 2 is 2.13 bits per heavy atom. The van der Waals surface area contributed by atoms with Crippen LogP contribution in [0.2, 0.25) is 0 Å². The standard InChI is InChI=1S/C9H6ClNO4/c1-5-2-8(11(14)15)6(4-12)3-7(5)9(10)13/h2-4H,1H3. The van der Waals surface area contributed by atoms with Crippen LogP contribution >= 0.6 is 11.6 Å². The quantitative estimate of drug-likeness (QED) is 0.343. The first-order valence-electron chi connectivity index (χ1n) is 3.91. The van der Waals surface area contributed by atoms with E-state index in [0.29, 0.717) is 11.8 Å². The Balaban J connectivity index is 3.48. The molecule has 0 aromatic heterocycles. The highest BCUT2D eigenvalue weighted by Gasteiger charge is 2.18. The molecule has 0 N–H and O–H groups in total. The van der Waals surface area contributed by atoms with E-state index in [0.717, 1.165) is 12.1 Å². The van der Waals surface area contributed by atoms with Crippen LogP contribution in [0.3, 0.4) is 0 Å². The van der Waals surface area contributed by atoms with Gasteiger partial charge in [0.15, 0.2) is 6.29 Å². The van der Waals surface area contributed by atoms with Crippen LogP contribution in [0, 0.1) is 17.0 Å². The van der Waals surface area contributed by atoms with Crippen LogP contribution in [0.25, 0.3) is 0 Å². The fraction of sp³-hybridized carbons (Fsp3) is 0.111. The molecule has 0 spiro atoms. The summed E-state index contributed by atoms with van der Waals surface area (Å²) in [6.07, 6.45) is 0.320. The number of aldehydes is 1. The molecule has 0 saturated carbocycles. The Morgan fingerprint density at radius 3 is 2.53 bits per heavy atom. The summed E-state index contributed by atoms with van der Waals surface area (Å²) in [5.74, 6) is 0. The molecule has 0 bridgehead atoms. The Labute approximate surface area is 89.8 Å². The molecule has 78 valence electrons. The average molecular weight is 228 g/mol. The van der Waals surface area contributed by atoms with E-state index < -0.39 is 10.2 Å². The van der Waals surface area contributed by atoms with Gasteiger partial charge in [0, 0.05) is 11.6 Å². The van der Waals surface area contributed by atoms with Crippen molar-refractivity contribution in [1.82, 2.24) is 0 Å². The van der Waals surface area contributed by atoms with E-state index in [1.165, 1.54) is 6.92 Å². The summed E-state index contributed by atoms with van der Waals surface area (Å²) in [5.41, 5.74) is -0.0181. The van der Waals surface area contributed by atoms with Crippen LogP contribution in [0.15, 0.2) is 12.1 Å². The van der Waals surface area contributed by atoms with Gasteiger partial charge in [-0.1, -0.05) is 0 Å². The van der Waals surface area contributed by atoms with Gasteiger partial charge in [0.1, 0.15) is 0 Å². The number of rotatable bonds is 3. The van der Waals surface area contributed by atoms with Gasteiger partial charge in [0.05, 0.1) is 10.5 Å². The highest BCUT2D eigenvalue weighted by atomic mass is 35.5. The maximum atomic E-state index is 10.9. The molecule has 1 aromatic rings. The zero-order valence-electron chi connectivity index (χ0n) is 7.69. The maximum absolute atomic E-state index is 10.9. The zero-order valence-corrected chi connectivity index (χ0v) is 8.45. The minimum atomic E-state index is -0.745. The van der Waals surface area contributed by atoms with E-state index in [4.69, 9.17) is 11.6 Å². The summed E-state index contributed by atoms with van der Waals surface area (Å²) in [4.78, 5) is 31.3. The molecule has 0 atom stereocenters. The first-order chi connectivity index (χ1) is 6.97. The monoisotopic (exact) mass is 227 g/mol. The predicted octanol–water partition coefficient (Wildman–Crippen LogP) is 2.09. The number of halogens is 1. The SMILES string of the molecule is Cc1cc([N+](=O)[O-])c(C=O)cc1C(=O)Cl. The molecule has 6 heteroatoms. The molecule has 0 aliphatic carbocycles. The lowest BCUT2D eigenvalue weighted by molar-refractivity contribution is -0.385. The molecular weight excluding hydrogens is 222 g/mol. The second kappa shape index (κ2) is 4.18. The number of aryl methyl sites for hydroxylation is 1. The summed E-state index contributed by atoms with van der Waals surface area (Å²) in [6, 6.07) is 2.27. The Bertz CT molecular complexity index is 456. The van der Waals surface area contributed by atoms with Crippen molar-refractivity contribution in [2.24, 2.45) is 0 Å². The van der Waals surface area contributed by atoms with E-state index in [-0.39, 0.29) is 16.8 Å². The van der Waals surface area contributed by atoms with Crippen molar-refractivity contribution in [3.05, 3.63) is 38.9 Å². The smallest absolute Gasteiger partial charge is 0.280 e. The van der Waals surface area contributed by atoms with Gasteiger partial charge in [-0.25, -0.2) is 0 Å². The molecule has 0 heterocycles. The topological polar surface area (TPSA) is 77.3 Å². The number of nitro benzene ring substituents is 1. The molecule has 0 radical (unpaired) electrons. The second-order valence-corrected chi connectivity index (χ2v) is 3.22. The molecule has 0 aliphatic heterocycles. The number of nitro groups is 1. The van der Waals surface area contributed by atoms with Crippen molar-refractivity contribution in [3.63, 3.8) is 0 Å². The molecule has 5 nitrogen and oxygen atoms in total. The van der Waals surface area contributed by atoms with E-state index >= 15 is 0 Å². The van der Waals surface area contributed by atoms with Gasteiger partial charge in [-0.15, -0.1) is 0 Å². The molecule has 15 heavy (non-hydrogen) atoms. The highest BCUT2D eigenvalue weighted by Crippen LogP contribution is 2.23. The molecule has 0 amide bonds. The summed E-state index contributed by atoms with van der Waals surface area (Å²) >= 11 is 5.24. The van der Waals surface area contributed by atoms with Crippen molar-refractivity contribution < 1.29 is 14.5 Å². The molecule has 0 unspecified atom stereocenters. The lowest BCUT2D eigenvalue weighted by Gasteiger charge is -2.02. The normalized spacial score (nSPS) is 9.73. The molecule has 0 saturated heterocycles. The summed E-state index contributed by atoms with van der Waals surface area (Å²) in [6.45, 7) is 1.51. The van der Waals surface area contributed by atoms with E-state index in [1.807, 2.05) is 0 Å². The third-order valence-electron chi connectivity index (χ3n) is 1.91. The summed E-state index contributed by atoms with van der Waals surface area (Å²) in [7, 11) is 0. The van der Waals surface area contributed by atoms with E-state index in [9.17, 15) is 19.7 Å². The van der Waals surface area contributed by atoms with Crippen molar-refractivity contribution in [3.8, 4) is 0 Å². The third-order valence-corrected chi connectivity index (χ3v) is 2.11. The zero-order chi connectivity index (χ0) is 11.6. The Kier molecular flexibility index (Phi) is 3.16. The highest BCUT2D eigenvalue weighted by molar-refractivity contribution is 6.68. The van der Waals surface area contributed by atoms with Crippen LogP contribution in [0.1, 0.15) is 26.3 Å². The van der Waals surface area contributed by atoms with Gasteiger partial charge in [0.25, 0.3) is 10.9 Å². The molecule has 0 aliphatic rings. The molecule has 1 aromatic carbocycles. The Morgan fingerprint density at radius 1 is 1.53 bits per heavy atom. The van der Waals surface area contributed by atoms with Crippen LogP contribution in [0.4, 0.5) is 5.69 Å². The van der Waals surface area contributed by atoms with Gasteiger partial charge in [0.2, 0.25) is 0 Å². The van der Waals surface area contributed by atoms with Crippen molar-refractivity contribution in [1.29, 1.82) is 0 Å². The van der Waals surface area contributed by atoms with Gasteiger partial charge >= 0.3 is 0 Å². The van der Waals surface area contributed by atoms with Crippen molar-refractivity contribution in [2.45, 2.75) is 6.92 Å². The minimum Gasteiger partial charge on any atom is -0.298 e.